The van der Waals surface area contributed by atoms with E-state index >= 15 is 0 Å². The zero-order chi connectivity index (χ0) is 20.3. The van der Waals surface area contributed by atoms with Gasteiger partial charge in [-0.1, -0.05) is 12.1 Å². The van der Waals surface area contributed by atoms with Gasteiger partial charge in [0.1, 0.15) is 19.8 Å². The van der Waals surface area contributed by atoms with Crippen LogP contribution in [0.25, 0.3) is 0 Å². The first-order valence-electron chi connectivity index (χ1n) is 8.39. The fourth-order valence-electron chi connectivity index (χ4n) is 2.78. The predicted molar refractivity (Wildman–Crippen MR) is 95.5 cm³/mol. The summed E-state index contributed by atoms with van der Waals surface area (Å²) in [7, 11) is 0. The molecule has 0 saturated carbocycles. The first-order valence-corrected chi connectivity index (χ1v) is 8.39. The average molecular weight is 394 g/mol. The van der Waals surface area contributed by atoms with Crippen LogP contribution in [0.1, 0.15) is 12.5 Å². The fraction of sp³-hybridized carbons (Fsp3) is 0.263. The number of nitrogens with zero attached hydrogens (tertiary/aromatic N) is 1. The number of amides is 2. The van der Waals surface area contributed by atoms with Crippen molar-refractivity contribution in [3.8, 4) is 11.5 Å². The highest BCUT2D eigenvalue weighted by molar-refractivity contribution is 6.02. The molecule has 148 valence electrons. The topological polar surface area (TPSA) is 67.9 Å². The zero-order valence-electron chi connectivity index (χ0n) is 14.9. The first-order chi connectivity index (χ1) is 13.3. The number of halogens is 3. The number of hydrogen-bond acceptors (Lipinski definition) is 4. The van der Waals surface area contributed by atoms with E-state index in [2.05, 4.69) is 5.32 Å². The fourth-order valence-corrected chi connectivity index (χ4v) is 2.78. The van der Waals surface area contributed by atoms with Gasteiger partial charge in [-0.25, -0.2) is 0 Å². The molecule has 1 aliphatic heterocycles. The Labute approximate surface area is 158 Å². The van der Waals surface area contributed by atoms with Crippen LogP contribution in [0.15, 0.2) is 42.5 Å². The summed E-state index contributed by atoms with van der Waals surface area (Å²) in [6.45, 7) is 1.32. The van der Waals surface area contributed by atoms with Gasteiger partial charge in [-0.15, -0.1) is 0 Å². The largest absolute Gasteiger partial charge is 0.486 e. The third kappa shape index (κ3) is 4.36. The van der Waals surface area contributed by atoms with E-state index in [0.29, 0.717) is 30.4 Å². The van der Waals surface area contributed by atoms with Gasteiger partial charge in [-0.2, -0.15) is 13.2 Å². The summed E-state index contributed by atoms with van der Waals surface area (Å²) in [4.78, 5) is 25.1. The van der Waals surface area contributed by atoms with Crippen molar-refractivity contribution in [2.45, 2.75) is 13.1 Å². The summed E-state index contributed by atoms with van der Waals surface area (Å²) < 4.78 is 50.6. The van der Waals surface area contributed by atoms with Gasteiger partial charge in [0.15, 0.2) is 11.5 Å². The van der Waals surface area contributed by atoms with Gasteiger partial charge in [0.05, 0.1) is 11.3 Å². The highest BCUT2D eigenvalue weighted by Gasteiger charge is 2.35. The van der Waals surface area contributed by atoms with E-state index in [4.69, 9.17) is 9.47 Å². The SMILES string of the molecule is CC(=O)N(CC(=O)Nc1ccc2c(c1)OCCO2)c1ccccc1C(F)(F)F. The van der Waals surface area contributed by atoms with Crippen LogP contribution >= 0.6 is 0 Å². The monoisotopic (exact) mass is 394 g/mol. The van der Waals surface area contributed by atoms with E-state index in [9.17, 15) is 22.8 Å². The Morgan fingerprint density at radius 2 is 1.75 bits per heavy atom. The van der Waals surface area contributed by atoms with E-state index in [1.54, 1.807) is 18.2 Å². The van der Waals surface area contributed by atoms with Crippen molar-refractivity contribution in [3.05, 3.63) is 48.0 Å². The second-order valence-corrected chi connectivity index (χ2v) is 6.03. The van der Waals surface area contributed by atoms with Gasteiger partial charge >= 0.3 is 6.18 Å². The highest BCUT2D eigenvalue weighted by Crippen LogP contribution is 2.36. The Kier molecular flexibility index (Phi) is 5.43. The van der Waals surface area contributed by atoms with Crippen molar-refractivity contribution in [3.63, 3.8) is 0 Å². The average Bonchev–Trinajstić information content (AvgIpc) is 2.65. The number of fused-ring (bicyclic) bond motifs is 1. The summed E-state index contributed by atoms with van der Waals surface area (Å²) >= 11 is 0. The Hall–Kier alpha value is -3.23. The van der Waals surface area contributed by atoms with E-state index in [1.807, 2.05) is 0 Å². The summed E-state index contributed by atoms with van der Waals surface area (Å²) in [6, 6.07) is 9.36. The molecule has 0 aliphatic carbocycles. The number of rotatable bonds is 4. The van der Waals surface area contributed by atoms with Crippen LogP contribution in [0.4, 0.5) is 24.5 Å². The minimum absolute atomic E-state index is 0.372. The quantitative estimate of drug-likeness (QED) is 0.862. The van der Waals surface area contributed by atoms with Gasteiger partial charge in [0.25, 0.3) is 0 Å². The number of carbonyl (C=O) groups excluding carboxylic acids is 2. The van der Waals surface area contributed by atoms with E-state index < -0.39 is 30.1 Å². The number of benzene rings is 2. The molecule has 0 saturated heterocycles. The molecule has 3 rings (SSSR count). The summed E-state index contributed by atoms with van der Waals surface area (Å²) in [5, 5.41) is 2.56. The Morgan fingerprint density at radius 3 is 2.43 bits per heavy atom. The third-order valence-corrected chi connectivity index (χ3v) is 4.01. The molecule has 0 unspecified atom stereocenters. The molecule has 0 fully saturated rings. The summed E-state index contributed by atoms with van der Waals surface area (Å²) in [5.74, 6) is -0.346. The molecule has 0 spiro atoms. The number of anilines is 2. The Morgan fingerprint density at radius 1 is 1.07 bits per heavy atom. The maximum Gasteiger partial charge on any atom is 0.418 e. The van der Waals surface area contributed by atoms with Crippen molar-refractivity contribution in [1.82, 2.24) is 0 Å². The van der Waals surface area contributed by atoms with Crippen LogP contribution in [0.3, 0.4) is 0 Å². The molecule has 2 aromatic rings. The first kappa shape index (κ1) is 19.5. The van der Waals surface area contributed by atoms with Gasteiger partial charge in [0.2, 0.25) is 11.8 Å². The molecule has 0 aromatic heterocycles. The van der Waals surface area contributed by atoms with Gasteiger partial charge in [-0.3, -0.25) is 9.59 Å². The second-order valence-electron chi connectivity index (χ2n) is 6.03. The molecule has 1 N–H and O–H groups in total. The van der Waals surface area contributed by atoms with E-state index in [0.717, 1.165) is 24.0 Å². The normalized spacial score (nSPS) is 13.0. The number of carbonyl (C=O) groups is 2. The minimum atomic E-state index is -4.66. The molecule has 0 radical (unpaired) electrons. The second kappa shape index (κ2) is 7.79. The van der Waals surface area contributed by atoms with Crippen LogP contribution in [-0.4, -0.2) is 31.6 Å². The van der Waals surface area contributed by atoms with Crippen molar-refractivity contribution in [2.75, 3.05) is 30.0 Å². The van der Waals surface area contributed by atoms with Crippen LogP contribution in [0.5, 0.6) is 11.5 Å². The zero-order valence-corrected chi connectivity index (χ0v) is 14.9. The molecular weight excluding hydrogens is 377 g/mol. The molecule has 2 amide bonds. The van der Waals surface area contributed by atoms with Gasteiger partial charge in [-0.05, 0) is 24.3 Å². The highest BCUT2D eigenvalue weighted by atomic mass is 19.4. The van der Waals surface area contributed by atoms with Crippen molar-refractivity contribution in [1.29, 1.82) is 0 Å². The van der Waals surface area contributed by atoms with Crippen molar-refractivity contribution >= 4 is 23.2 Å². The predicted octanol–water partition coefficient (Wildman–Crippen LogP) is 3.47. The molecule has 6 nitrogen and oxygen atoms in total. The molecule has 1 aliphatic rings. The smallest absolute Gasteiger partial charge is 0.418 e. The van der Waals surface area contributed by atoms with E-state index in [1.165, 1.54) is 12.1 Å². The molecular formula is C19H17F3N2O4. The lowest BCUT2D eigenvalue weighted by Gasteiger charge is -2.24. The van der Waals surface area contributed by atoms with Crippen molar-refractivity contribution < 1.29 is 32.2 Å². The third-order valence-electron chi connectivity index (χ3n) is 4.01. The lowest BCUT2D eigenvalue weighted by molar-refractivity contribution is -0.137. The lowest BCUT2D eigenvalue weighted by atomic mass is 10.1. The van der Waals surface area contributed by atoms with Crippen LogP contribution in [0, 0.1) is 0 Å². The number of ether oxygens (including phenoxy) is 2. The standard InChI is InChI=1S/C19H17F3N2O4/c1-12(25)24(15-5-3-2-4-14(15)19(20,21)22)11-18(26)23-13-6-7-16-17(10-13)28-9-8-27-16/h2-7,10H,8-9,11H2,1H3,(H,23,26). The number of alkyl halides is 3. The van der Waals surface area contributed by atoms with Crippen LogP contribution < -0.4 is 19.7 Å². The van der Waals surface area contributed by atoms with Gasteiger partial charge in [0, 0.05) is 18.7 Å². The van der Waals surface area contributed by atoms with Gasteiger partial charge < -0.3 is 19.7 Å². The van der Waals surface area contributed by atoms with Crippen LogP contribution in [0.2, 0.25) is 0 Å². The number of para-hydroxylation sites is 1. The lowest BCUT2D eigenvalue weighted by Crippen LogP contribution is -2.37. The summed E-state index contributed by atoms with van der Waals surface area (Å²) in [5.41, 5.74) is -0.987. The summed E-state index contributed by atoms with van der Waals surface area (Å²) in [6.07, 6.45) is -4.66. The number of nitrogens with one attached hydrogen (secondary N) is 1. The van der Waals surface area contributed by atoms with E-state index in [-0.39, 0.29) is 5.69 Å². The molecule has 0 atom stereocenters. The number of hydrogen-bond donors (Lipinski definition) is 1. The Balaban J connectivity index is 1.79. The maximum absolute atomic E-state index is 13.3. The molecule has 28 heavy (non-hydrogen) atoms. The van der Waals surface area contributed by atoms with Crippen LogP contribution in [-0.2, 0) is 15.8 Å². The maximum atomic E-state index is 13.3. The molecule has 1 heterocycles. The van der Waals surface area contributed by atoms with Crippen molar-refractivity contribution in [2.24, 2.45) is 0 Å². The molecule has 2 aromatic carbocycles. The Bertz CT molecular complexity index is 899. The molecule has 0 bridgehead atoms. The molecule has 9 heteroatoms. The minimum Gasteiger partial charge on any atom is -0.486 e.